The molecule has 2 N–H and O–H groups in total. The molecule has 0 aliphatic heterocycles. The lowest BCUT2D eigenvalue weighted by Gasteiger charge is -2.16. The van der Waals surface area contributed by atoms with Gasteiger partial charge in [0.15, 0.2) is 17.1 Å². The van der Waals surface area contributed by atoms with Gasteiger partial charge in [0.05, 0.1) is 17.6 Å². The molecule has 0 unspecified atom stereocenters. The van der Waals surface area contributed by atoms with Crippen molar-refractivity contribution >= 4 is 86.1 Å². The molecule has 9 rings (SSSR count). The quantitative estimate of drug-likeness (QED) is 0.0385. The monoisotopic (exact) mass is 912 g/mol. The number of aryl methyl sites for hydroxylation is 2. The minimum atomic E-state index is -5.01. The summed E-state index contributed by atoms with van der Waals surface area (Å²) in [6, 6.07) is 30.3. The molecule has 0 atom stereocenters. The van der Waals surface area contributed by atoms with E-state index in [1.807, 2.05) is 24.3 Å². The van der Waals surface area contributed by atoms with Crippen LogP contribution in [0.1, 0.15) is 11.1 Å². The Morgan fingerprint density at radius 3 is 1.97 bits per heavy atom. The zero-order valence-corrected chi connectivity index (χ0v) is 35.1. The minimum Gasteiger partial charge on any atom is -0.435 e. The van der Waals surface area contributed by atoms with Crippen LogP contribution in [0.25, 0.3) is 60.8 Å². The van der Waals surface area contributed by atoms with Crippen molar-refractivity contribution in [2.45, 2.75) is 33.4 Å². The van der Waals surface area contributed by atoms with Crippen LogP contribution < -0.4 is 8.37 Å². The Bertz CT molecular complexity index is 3600. The third kappa shape index (κ3) is 7.71. The number of hydrogen-bond acceptors (Lipinski definition) is 16. The molecule has 0 fully saturated rings. The zero-order chi connectivity index (χ0) is 43.6. The van der Waals surface area contributed by atoms with Crippen LogP contribution in [0, 0.1) is 13.8 Å². The highest BCUT2D eigenvalue weighted by Crippen LogP contribution is 2.42. The second kappa shape index (κ2) is 15.5. The first-order chi connectivity index (χ1) is 29.6. The third-order valence-electron chi connectivity index (χ3n) is 9.66. The summed E-state index contributed by atoms with van der Waals surface area (Å²) in [5.41, 5.74) is 1.29. The van der Waals surface area contributed by atoms with Gasteiger partial charge in [-0.05, 0) is 73.2 Å². The van der Waals surface area contributed by atoms with Gasteiger partial charge in [-0.3, -0.25) is 4.55 Å². The standard InChI is InChI=1S/C41H28N4O13S4/c1-23-7-13-28(14-8-23)61(50,51)55-35-22-34(45-43-38-30-17-12-27(59-58-57-46)19-26(30)20-37(39(38)44-45)60(47,48)49)36(56-62(52,53)29-15-9-24(2)10-16-29)21-32(35)41-42-33-18-11-25-5-3-4-6-31(25)40(33)54-41/h3-22,46H,1-2H3,(H,47,48,49). The summed E-state index contributed by atoms with van der Waals surface area (Å²) in [4.78, 5) is 4.65. The maximum absolute atomic E-state index is 14.0. The van der Waals surface area contributed by atoms with Crippen molar-refractivity contribution in [2.24, 2.45) is 0 Å². The highest BCUT2D eigenvalue weighted by molar-refractivity contribution is 7.94. The van der Waals surface area contributed by atoms with Crippen LogP contribution in [0.4, 0.5) is 0 Å². The Balaban J connectivity index is 1.32. The molecule has 0 amide bonds. The largest absolute Gasteiger partial charge is 0.435 e. The van der Waals surface area contributed by atoms with E-state index in [1.54, 1.807) is 50.2 Å². The van der Waals surface area contributed by atoms with Gasteiger partial charge in [0.25, 0.3) is 10.1 Å². The summed E-state index contributed by atoms with van der Waals surface area (Å²) in [5.74, 6) is -1.12. The molecule has 0 aliphatic carbocycles. The summed E-state index contributed by atoms with van der Waals surface area (Å²) in [5, 5.41) is 23.3. The molecule has 0 bridgehead atoms. The summed E-state index contributed by atoms with van der Waals surface area (Å²) < 4.78 is 115. The van der Waals surface area contributed by atoms with Crippen LogP contribution in [0.2, 0.25) is 0 Å². The van der Waals surface area contributed by atoms with E-state index in [-0.39, 0.29) is 43.4 Å². The number of nitrogens with zero attached hydrogens (tertiary/aromatic N) is 4. The molecule has 21 heteroatoms. The first kappa shape index (κ1) is 40.9. The Morgan fingerprint density at radius 1 is 0.661 bits per heavy atom. The Morgan fingerprint density at radius 2 is 1.31 bits per heavy atom. The molecular weight excluding hydrogens is 885 g/mol. The Hall–Kier alpha value is -6.43. The average Bonchev–Trinajstić information content (AvgIpc) is 3.88. The van der Waals surface area contributed by atoms with Gasteiger partial charge in [0.1, 0.15) is 36.9 Å². The third-order valence-corrected chi connectivity index (χ3v) is 13.6. The molecular formula is C41H28N4O13S4. The van der Waals surface area contributed by atoms with Crippen molar-refractivity contribution in [2.75, 3.05) is 0 Å². The van der Waals surface area contributed by atoms with Crippen molar-refractivity contribution in [1.82, 2.24) is 20.0 Å². The summed E-state index contributed by atoms with van der Waals surface area (Å²) in [6.07, 6.45) is 0. The molecule has 2 aromatic heterocycles. The first-order valence-corrected chi connectivity index (χ1v) is 23.0. The fraction of sp³-hybridized carbons (Fsp3) is 0.0488. The van der Waals surface area contributed by atoms with Crippen molar-refractivity contribution in [3.63, 3.8) is 0 Å². The summed E-state index contributed by atoms with van der Waals surface area (Å²) in [7, 11) is -14.3. The number of benzene rings is 7. The van der Waals surface area contributed by atoms with E-state index in [4.69, 9.17) is 18.0 Å². The van der Waals surface area contributed by atoms with Gasteiger partial charge in [-0.15, -0.1) is 19.3 Å². The molecule has 2 heterocycles. The van der Waals surface area contributed by atoms with Crippen LogP contribution in [0.15, 0.2) is 145 Å². The Kier molecular flexibility index (Phi) is 10.2. The predicted molar refractivity (Wildman–Crippen MR) is 225 cm³/mol. The molecule has 0 saturated carbocycles. The molecule has 0 spiro atoms. The maximum Gasteiger partial charge on any atom is 0.339 e. The van der Waals surface area contributed by atoms with E-state index in [0.29, 0.717) is 38.8 Å². The molecule has 7 aromatic carbocycles. The van der Waals surface area contributed by atoms with E-state index in [0.717, 1.165) is 39.5 Å². The van der Waals surface area contributed by atoms with Crippen molar-refractivity contribution < 1.29 is 57.2 Å². The lowest BCUT2D eigenvalue weighted by Crippen LogP contribution is -2.14. The molecule has 0 aliphatic rings. The molecule has 0 saturated heterocycles. The topological polar surface area (TPSA) is 237 Å². The van der Waals surface area contributed by atoms with Crippen molar-refractivity contribution in [3.8, 4) is 28.6 Å². The Labute approximate surface area is 356 Å². The minimum absolute atomic E-state index is 0.0944. The lowest BCUT2D eigenvalue weighted by molar-refractivity contribution is -0.432. The van der Waals surface area contributed by atoms with Gasteiger partial charge < -0.3 is 12.8 Å². The first-order valence-electron chi connectivity index (χ1n) is 18.0. The number of aromatic nitrogens is 4. The molecule has 314 valence electrons. The maximum atomic E-state index is 14.0. The van der Waals surface area contributed by atoms with Crippen LogP contribution in [0.3, 0.4) is 0 Å². The average molecular weight is 913 g/mol. The van der Waals surface area contributed by atoms with E-state index >= 15 is 0 Å². The van der Waals surface area contributed by atoms with Gasteiger partial charge in [0.2, 0.25) is 5.89 Å². The van der Waals surface area contributed by atoms with Crippen molar-refractivity contribution in [1.29, 1.82) is 0 Å². The number of rotatable bonds is 12. The fourth-order valence-electron chi connectivity index (χ4n) is 6.67. The molecule has 9 aromatic rings. The zero-order valence-electron chi connectivity index (χ0n) is 31.9. The van der Waals surface area contributed by atoms with Crippen LogP contribution in [-0.4, -0.2) is 55.0 Å². The van der Waals surface area contributed by atoms with Crippen LogP contribution in [-0.2, 0) is 39.7 Å². The van der Waals surface area contributed by atoms with Crippen molar-refractivity contribution in [3.05, 3.63) is 132 Å². The summed E-state index contributed by atoms with van der Waals surface area (Å²) in [6.45, 7) is 3.54. The SMILES string of the molecule is Cc1ccc(S(=O)(=O)Oc2cc(-n3nc4c(S(=O)(=O)O)cc5cc(SOOO)ccc5c4n3)c(OS(=O)(=O)c3ccc(C)cc3)cc2-c2nc3ccc4ccccc4c3o2)cc1. The normalized spacial score (nSPS) is 12.5. The van der Waals surface area contributed by atoms with Gasteiger partial charge in [0, 0.05) is 27.8 Å². The van der Waals surface area contributed by atoms with E-state index in [9.17, 15) is 29.8 Å². The van der Waals surface area contributed by atoms with Crippen LogP contribution in [0.5, 0.6) is 11.5 Å². The van der Waals surface area contributed by atoms with Gasteiger partial charge >= 0.3 is 20.2 Å². The smallest absolute Gasteiger partial charge is 0.339 e. The predicted octanol–water partition coefficient (Wildman–Crippen LogP) is 8.36. The van der Waals surface area contributed by atoms with Gasteiger partial charge in [-0.2, -0.15) is 25.3 Å². The second-order valence-corrected chi connectivity index (χ2v) is 19.1. The van der Waals surface area contributed by atoms with E-state index < -0.39 is 46.7 Å². The second-order valence-electron chi connectivity index (χ2n) is 13.8. The van der Waals surface area contributed by atoms with Crippen LogP contribution >= 0.6 is 12.0 Å². The lowest BCUT2D eigenvalue weighted by atomic mass is 10.1. The number of hydrogen-bond donors (Lipinski definition) is 2. The highest BCUT2D eigenvalue weighted by Gasteiger charge is 2.30. The van der Waals surface area contributed by atoms with Gasteiger partial charge in [-0.25, -0.2) is 10.2 Å². The summed E-state index contributed by atoms with van der Waals surface area (Å²) >= 11 is 0.594. The highest BCUT2D eigenvalue weighted by atomic mass is 32.2. The van der Waals surface area contributed by atoms with E-state index in [1.165, 1.54) is 42.5 Å². The fourth-order valence-corrected chi connectivity index (χ4v) is 9.61. The molecule has 62 heavy (non-hydrogen) atoms. The van der Waals surface area contributed by atoms with E-state index in [2.05, 4.69) is 24.6 Å². The molecule has 0 radical (unpaired) electrons. The van der Waals surface area contributed by atoms with Gasteiger partial charge in [-0.1, -0.05) is 76.8 Å². The number of fused-ring (bicyclic) bond motifs is 6. The number of oxazole rings is 1. The molecule has 17 nitrogen and oxygen atoms in total.